The molecule has 1 aromatic heterocycles. The van der Waals surface area contributed by atoms with Gasteiger partial charge >= 0.3 is 0 Å². The molecular weight excluding hydrogens is 326 g/mol. The Balaban J connectivity index is 1.20. The van der Waals surface area contributed by atoms with Crippen LogP contribution in [0.25, 0.3) is 0 Å². The normalized spacial score (nSPS) is 23.8. The summed E-state index contributed by atoms with van der Waals surface area (Å²) >= 11 is 0. The highest BCUT2D eigenvalue weighted by Gasteiger charge is 2.30. The topological polar surface area (TPSA) is 53.4 Å². The molecule has 0 saturated carbocycles. The number of rotatable bonds is 5. The van der Waals surface area contributed by atoms with Gasteiger partial charge in [0.2, 0.25) is 5.91 Å². The zero-order valence-electron chi connectivity index (χ0n) is 15.9. The Bertz CT molecular complexity index is 587. The largest absolute Gasteiger partial charge is 0.338 e. The van der Waals surface area contributed by atoms with Crippen molar-refractivity contribution in [1.29, 1.82) is 0 Å². The lowest BCUT2D eigenvalue weighted by Crippen LogP contribution is -2.48. The van der Waals surface area contributed by atoms with Crippen LogP contribution in [0.4, 0.5) is 0 Å². The summed E-state index contributed by atoms with van der Waals surface area (Å²) in [6.07, 6.45) is 10.4. The van der Waals surface area contributed by atoms with E-state index in [9.17, 15) is 4.79 Å². The third-order valence-electron chi connectivity index (χ3n) is 6.56. The number of aromatic nitrogens is 2. The van der Waals surface area contributed by atoms with E-state index in [1.807, 2.05) is 10.7 Å². The minimum Gasteiger partial charge on any atom is -0.338 e. The van der Waals surface area contributed by atoms with E-state index in [2.05, 4.69) is 20.2 Å². The van der Waals surface area contributed by atoms with Gasteiger partial charge in [0.05, 0.1) is 0 Å². The maximum absolute atomic E-state index is 12.6. The van der Waals surface area contributed by atoms with Crippen molar-refractivity contribution in [1.82, 2.24) is 24.9 Å². The number of carbonyl (C=O) groups excluding carboxylic acids is 1. The Morgan fingerprint density at radius 1 is 1.12 bits per heavy atom. The summed E-state index contributed by atoms with van der Waals surface area (Å²) in [5, 5.41) is 7.74. The molecule has 6 heteroatoms. The maximum atomic E-state index is 12.6. The van der Waals surface area contributed by atoms with Gasteiger partial charge in [-0.25, -0.2) is 0 Å². The van der Waals surface area contributed by atoms with Crippen molar-refractivity contribution in [3.8, 4) is 0 Å². The van der Waals surface area contributed by atoms with Crippen molar-refractivity contribution >= 4 is 5.91 Å². The predicted octanol–water partition coefficient (Wildman–Crippen LogP) is 1.51. The molecule has 3 aliphatic rings. The second kappa shape index (κ2) is 8.53. The van der Waals surface area contributed by atoms with Crippen LogP contribution in [0.3, 0.4) is 0 Å². The van der Waals surface area contributed by atoms with E-state index in [-0.39, 0.29) is 5.91 Å². The molecule has 0 aromatic carbocycles. The van der Waals surface area contributed by atoms with Crippen LogP contribution >= 0.6 is 0 Å². The third-order valence-corrected chi connectivity index (χ3v) is 6.56. The second-order valence-corrected chi connectivity index (χ2v) is 8.23. The molecule has 0 spiro atoms. The molecule has 2 saturated heterocycles. The average molecular weight is 360 g/mol. The van der Waals surface area contributed by atoms with Gasteiger partial charge in [0.1, 0.15) is 6.54 Å². The van der Waals surface area contributed by atoms with Gasteiger partial charge in [-0.1, -0.05) is 0 Å². The van der Waals surface area contributed by atoms with Gasteiger partial charge < -0.3 is 15.1 Å². The fourth-order valence-corrected chi connectivity index (χ4v) is 4.91. The van der Waals surface area contributed by atoms with Crippen LogP contribution in [0.15, 0.2) is 12.3 Å². The van der Waals surface area contributed by atoms with Crippen molar-refractivity contribution < 1.29 is 4.79 Å². The lowest BCUT2D eigenvalue weighted by Gasteiger charge is -2.38. The van der Waals surface area contributed by atoms with Crippen molar-refractivity contribution in [3.05, 3.63) is 18.0 Å². The standard InChI is InChI=1S/C20H33N5O/c26-20-16-25-19(5-11-22-25)8-15-24(20)18-6-13-23(14-7-18)12-1-2-17-3-9-21-10-4-17/h5,11,17-18,21H,1-4,6-10,12-16H2. The first-order valence-electron chi connectivity index (χ1n) is 10.5. The molecule has 1 aromatic rings. The lowest BCUT2D eigenvalue weighted by atomic mass is 9.93. The first kappa shape index (κ1) is 18.0. The molecule has 6 nitrogen and oxygen atoms in total. The first-order valence-corrected chi connectivity index (χ1v) is 10.5. The van der Waals surface area contributed by atoms with E-state index in [4.69, 9.17) is 0 Å². The fraction of sp³-hybridized carbons (Fsp3) is 0.800. The van der Waals surface area contributed by atoms with Crippen molar-refractivity contribution in [2.24, 2.45) is 5.92 Å². The molecule has 1 N–H and O–H groups in total. The van der Waals surface area contributed by atoms with Gasteiger partial charge in [0.15, 0.2) is 0 Å². The molecule has 0 aliphatic carbocycles. The van der Waals surface area contributed by atoms with Crippen LogP contribution in [0, 0.1) is 5.92 Å². The van der Waals surface area contributed by atoms with E-state index in [0.717, 1.165) is 44.8 Å². The molecule has 0 unspecified atom stereocenters. The summed E-state index contributed by atoms with van der Waals surface area (Å²) in [6, 6.07) is 2.47. The highest BCUT2D eigenvalue weighted by atomic mass is 16.2. The number of amides is 1. The smallest absolute Gasteiger partial charge is 0.244 e. The van der Waals surface area contributed by atoms with Crippen LogP contribution < -0.4 is 5.32 Å². The monoisotopic (exact) mass is 359 g/mol. The van der Waals surface area contributed by atoms with E-state index < -0.39 is 0 Å². The zero-order valence-corrected chi connectivity index (χ0v) is 15.9. The van der Waals surface area contributed by atoms with Gasteiger partial charge in [-0.15, -0.1) is 0 Å². The van der Waals surface area contributed by atoms with Crippen LogP contribution in [0.2, 0.25) is 0 Å². The number of hydrogen-bond donors (Lipinski definition) is 1. The van der Waals surface area contributed by atoms with E-state index in [1.165, 1.54) is 51.0 Å². The predicted molar refractivity (Wildman–Crippen MR) is 102 cm³/mol. The van der Waals surface area contributed by atoms with E-state index >= 15 is 0 Å². The van der Waals surface area contributed by atoms with Gasteiger partial charge in [0, 0.05) is 44.0 Å². The summed E-state index contributed by atoms with van der Waals surface area (Å²) in [5.41, 5.74) is 1.19. The Hall–Kier alpha value is -1.40. The molecule has 2 fully saturated rings. The third kappa shape index (κ3) is 4.29. The highest BCUT2D eigenvalue weighted by Crippen LogP contribution is 2.22. The lowest BCUT2D eigenvalue weighted by molar-refractivity contribution is -0.134. The summed E-state index contributed by atoms with van der Waals surface area (Å²) in [7, 11) is 0. The molecule has 0 radical (unpaired) electrons. The van der Waals surface area contributed by atoms with Crippen molar-refractivity contribution in [2.75, 3.05) is 39.3 Å². The average Bonchev–Trinajstić information content (AvgIpc) is 3.04. The molecular formula is C20H33N5O. The summed E-state index contributed by atoms with van der Waals surface area (Å²) in [6.45, 7) is 7.21. The van der Waals surface area contributed by atoms with Crippen LogP contribution in [0.5, 0.6) is 0 Å². The number of fused-ring (bicyclic) bond motifs is 1. The van der Waals surface area contributed by atoms with Crippen LogP contribution in [-0.4, -0.2) is 70.8 Å². The Morgan fingerprint density at radius 3 is 2.73 bits per heavy atom. The molecule has 0 atom stereocenters. The number of hydrogen-bond acceptors (Lipinski definition) is 4. The maximum Gasteiger partial charge on any atom is 0.244 e. The fourth-order valence-electron chi connectivity index (χ4n) is 4.91. The Labute approximate surface area is 156 Å². The SMILES string of the molecule is O=C1Cn2nccc2CCN1C1CCN(CCCC2CCNCC2)CC1. The Kier molecular flexibility index (Phi) is 5.90. The van der Waals surface area contributed by atoms with Gasteiger partial charge in [0.25, 0.3) is 0 Å². The molecule has 144 valence electrons. The van der Waals surface area contributed by atoms with Crippen LogP contribution in [-0.2, 0) is 17.8 Å². The molecule has 4 heterocycles. The highest BCUT2D eigenvalue weighted by molar-refractivity contribution is 5.76. The number of likely N-dealkylation sites (tertiary alicyclic amines) is 1. The second-order valence-electron chi connectivity index (χ2n) is 8.23. The Morgan fingerprint density at radius 2 is 1.92 bits per heavy atom. The molecule has 26 heavy (non-hydrogen) atoms. The number of carbonyl (C=O) groups is 1. The van der Waals surface area contributed by atoms with Gasteiger partial charge in [-0.2, -0.15) is 5.10 Å². The first-order chi connectivity index (χ1) is 12.8. The number of nitrogens with one attached hydrogen (secondary N) is 1. The van der Waals surface area contributed by atoms with Gasteiger partial charge in [-0.05, 0) is 70.1 Å². The summed E-state index contributed by atoms with van der Waals surface area (Å²) in [4.78, 5) is 17.4. The van der Waals surface area contributed by atoms with E-state index in [1.54, 1.807) is 6.20 Å². The van der Waals surface area contributed by atoms with E-state index in [0.29, 0.717) is 12.6 Å². The summed E-state index contributed by atoms with van der Waals surface area (Å²) in [5.74, 6) is 1.19. The number of piperidine rings is 2. The molecule has 4 rings (SSSR count). The quantitative estimate of drug-likeness (QED) is 0.866. The molecule has 3 aliphatic heterocycles. The molecule has 0 bridgehead atoms. The van der Waals surface area contributed by atoms with Crippen molar-refractivity contribution in [2.45, 2.75) is 57.5 Å². The minimum absolute atomic E-state index is 0.247. The molecule has 1 amide bonds. The minimum atomic E-state index is 0.247. The van der Waals surface area contributed by atoms with Gasteiger partial charge in [-0.3, -0.25) is 9.48 Å². The zero-order chi connectivity index (χ0) is 17.8. The van der Waals surface area contributed by atoms with Crippen LogP contribution in [0.1, 0.15) is 44.2 Å². The van der Waals surface area contributed by atoms with Crippen molar-refractivity contribution in [3.63, 3.8) is 0 Å². The number of nitrogens with zero attached hydrogens (tertiary/aromatic N) is 4. The summed E-state index contributed by atoms with van der Waals surface area (Å²) < 4.78 is 1.87.